The summed E-state index contributed by atoms with van der Waals surface area (Å²) in [6, 6.07) is 10.3. The fourth-order valence-electron chi connectivity index (χ4n) is 2.09. The van der Waals surface area contributed by atoms with Crippen LogP contribution in [-0.4, -0.2) is 36.5 Å². The van der Waals surface area contributed by atoms with Crippen LogP contribution in [-0.2, 0) is 13.0 Å². The normalized spacial score (nSPS) is 11.5. The van der Waals surface area contributed by atoms with Crippen molar-refractivity contribution < 1.29 is 0 Å². The lowest BCUT2D eigenvalue weighted by atomic mass is 10.3. The zero-order valence-electron chi connectivity index (χ0n) is 12.8. The molecule has 0 amide bonds. The molecule has 2 aromatic heterocycles. The van der Waals surface area contributed by atoms with E-state index in [0.717, 1.165) is 30.3 Å². The molecule has 0 aliphatic carbocycles. The van der Waals surface area contributed by atoms with E-state index in [0.29, 0.717) is 6.54 Å². The Balaban J connectivity index is 1.84. The molecule has 2 aromatic rings. The second-order valence-electron chi connectivity index (χ2n) is 4.92. The molecule has 0 aliphatic rings. The Labute approximate surface area is 130 Å². The van der Waals surface area contributed by atoms with Gasteiger partial charge in [-0.25, -0.2) is 0 Å². The van der Waals surface area contributed by atoms with Crippen LogP contribution in [0.4, 0.5) is 0 Å². The van der Waals surface area contributed by atoms with Crippen LogP contribution in [0, 0.1) is 6.92 Å². The van der Waals surface area contributed by atoms with Crippen molar-refractivity contribution in [1.29, 1.82) is 0 Å². The third kappa shape index (κ3) is 4.86. The number of aromatic nitrogens is 1. The highest BCUT2D eigenvalue weighted by Crippen LogP contribution is 2.09. The van der Waals surface area contributed by atoms with Gasteiger partial charge in [0.1, 0.15) is 0 Å². The molecule has 0 aliphatic heterocycles. The third-order valence-corrected chi connectivity index (χ3v) is 4.16. The number of aryl methyl sites for hydroxylation is 1. The Bertz CT molecular complexity index is 578. The van der Waals surface area contributed by atoms with E-state index in [2.05, 4.69) is 44.8 Å². The van der Waals surface area contributed by atoms with E-state index in [-0.39, 0.29) is 0 Å². The number of pyridine rings is 1. The van der Waals surface area contributed by atoms with Gasteiger partial charge in [0.05, 0.1) is 12.2 Å². The van der Waals surface area contributed by atoms with E-state index in [1.165, 1.54) is 4.88 Å². The molecule has 0 aromatic carbocycles. The van der Waals surface area contributed by atoms with Gasteiger partial charge in [0.2, 0.25) is 0 Å². The largest absolute Gasteiger partial charge is 0.351 e. The van der Waals surface area contributed by atoms with E-state index in [9.17, 15) is 0 Å². The van der Waals surface area contributed by atoms with Crippen molar-refractivity contribution in [3.8, 4) is 0 Å². The maximum atomic E-state index is 4.49. The average Bonchev–Trinajstić information content (AvgIpc) is 2.99. The molecule has 0 unspecified atom stereocenters. The van der Waals surface area contributed by atoms with Crippen molar-refractivity contribution in [1.82, 2.24) is 15.2 Å². The molecule has 0 radical (unpaired) electrons. The SMILES string of the molecule is CN=C(NCc1cccc(C)n1)N(C)CCc1cccs1. The highest BCUT2D eigenvalue weighted by atomic mass is 32.1. The van der Waals surface area contributed by atoms with Crippen LogP contribution in [0.5, 0.6) is 0 Å². The van der Waals surface area contributed by atoms with E-state index in [1.54, 1.807) is 11.3 Å². The number of thiophene rings is 1. The predicted octanol–water partition coefficient (Wildman–Crippen LogP) is 2.70. The molecule has 0 spiro atoms. The molecular weight excluding hydrogens is 280 g/mol. The molecule has 0 fully saturated rings. The Morgan fingerprint density at radius 1 is 1.33 bits per heavy atom. The molecule has 21 heavy (non-hydrogen) atoms. The summed E-state index contributed by atoms with van der Waals surface area (Å²) in [5, 5.41) is 5.48. The van der Waals surface area contributed by atoms with Crippen LogP contribution in [0.3, 0.4) is 0 Å². The molecule has 2 heterocycles. The number of guanidine groups is 1. The minimum Gasteiger partial charge on any atom is -0.351 e. The van der Waals surface area contributed by atoms with Gasteiger partial charge in [-0.3, -0.25) is 9.98 Å². The van der Waals surface area contributed by atoms with Crippen LogP contribution in [0.25, 0.3) is 0 Å². The van der Waals surface area contributed by atoms with Crippen LogP contribution >= 0.6 is 11.3 Å². The first-order chi connectivity index (χ1) is 10.2. The molecule has 5 heteroatoms. The van der Waals surface area contributed by atoms with E-state index in [4.69, 9.17) is 0 Å². The van der Waals surface area contributed by atoms with Gasteiger partial charge in [-0.15, -0.1) is 11.3 Å². The third-order valence-electron chi connectivity index (χ3n) is 3.22. The van der Waals surface area contributed by atoms with Crippen LogP contribution in [0.1, 0.15) is 16.3 Å². The van der Waals surface area contributed by atoms with Crippen molar-refractivity contribution in [3.63, 3.8) is 0 Å². The molecule has 4 nitrogen and oxygen atoms in total. The molecule has 1 N–H and O–H groups in total. The fourth-order valence-corrected chi connectivity index (χ4v) is 2.79. The average molecular weight is 302 g/mol. The maximum absolute atomic E-state index is 4.49. The zero-order chi connectivity index (χ0) is 15.1. The van der Waals surface area contributed by atoms with E-state index in [1.807, 2.05) is 32.2 Å². The minimum absolute atomic E-state index is 0.692. The number of likely N-dealkylation sites (N-methyl/N-ethyl adjacent to an activating group) is 1. The summed E-state index contributed by atoms with van der Waals surface area (Å²) in [6.07, 6.45) is 1.04. The summed E-state index contributed by atoms with van der Waals surface area (Å²) in [4.78, 5) is 12.4. The number of hydrogen-bond acceptors (Lipinski definition) is 3. The second-order valence-corrected chi connectivity index (χ2v) is 5.95. The molecule has 0 saturated carbocycles. The van der Waals surface area contributed by atoms with E-state index < -0.39 is 0 Å². The van der Waals surface area contributed by atoms with Crippen molar-refractivity contribution in [3.05, 3.63) is 52.0 Å². The van der Waals surface area contributed by atoms with Crippen LogP contribution in [0.15, 0.2) is 40.7 Å². The minimum atomic E-state index is 0.692. The first-order valence-electron chi connectivity index (χ1n) is 7.05. The zero-order valence-corrected chi connectivity index (χ0v) is 13.7. The van der Waals surface area contributed by atoms with Crippen molar-refractivity contribution in [2.24, 2.45) is 4.99 Å². The number of hydrogen-bond donors (Lipinski definition) is 1. The lowest BCUT2D eigenvalue weighted by molar-refractivity contribution is 0.486. The molecule has 112 valence electrons. The molecule has 0 atom stereocenters. The van der Waals surface area contributed by atoms with Crippen molar-refractivity contribution in [2.45, 2.75) is 19.9 Å². The highest BCUT2D eigenvalue weighted by molar-refractivity contribution is 7.09. The standard InChI is InChI=1S/C16H22N4S/c1-13-6-4-7-14(19-13)12-18-16(17-2)20(3)10-9-15-8-5-11-21-15/h4-8,11H,9-10,12H2,1-3H3,(H,17,18). The Morgan fingerprint density at radius 2 is 2.19 bits per heavy atom. The number of rotatable bonds is 5. The van der Waals surface area contributed by atoms with Gasteiger partial charge in [-0.1, -0.05) is 12.1 Å². The maximum Gasteiger partial charge on any atom is 0.193 e. The van der Waals surface area contributed by atoms with Gasteiger partial charge < -0.3 is 10.2 Å². The fraction of sp³-hybridized carbons (Fsp3) is 0.375. The Kier molecular flexibility index (Phi) is 5.75. The highest BCUT2D eigenvalue weighted by Gasteiger charge is 2.06. The number of aliphatic imine (C=N–C) groups is 1. The molecule has 0 saturated heterocycles. The van der Waals surface area contributed by atoms with Gasteiger partial charge in [0.25, 0.3) is 0 Å². The summed E-state index contributed by atoms with van der Waals surface area (Å²) in [7, 11) is 3.88. The molecule has 2 rings (SSSR count). The van der Waals surface area contributed by atoms with Gasteiger partial charge >= 0.3 is 0 Å². The van der Waals surface area contributed by atoms with Crippen molar-refractivity contribution in [2.75, 3.05) is 20.6 Å². The monoisotopic (exact) mass is 302 g/mol. The van der Waals surface area contributed by atoms with E-state index >= 15 is 0 Å². The topological polar surface area (TPSA) is 40.5 Å². The summed E-state index contributed by atoms with van der Waals surface area (Å²) in [5.41, 5.74) is 2.07. The Morgan fingerprint density at radius 3 is 2.86 bits per heavy atom. The summed E-state index contributed by atoms with van der Waals surface area (Å²) >= 11 is 1.80. The quantitative estimate of drug-likeness (QED) is 0.682. The smallest absolute Gasteiger partial charge is 0.193 e. The lowest BCUT2D eigenvalue weighted by Gasteiger charge is -2.21. The summed E-state index contributed by atoms with van der Waals surface area (Å²) < 4.78 is 0. The van der Waals surface area contributed by atoms with Gasteiger partial charge in [-0.2, -0.15) is 0 Å². The lowest BCUT2D eigenvalue weighted by Crippen LogP contribution is -2.39. The molecular formula is C16H22N4S. The van der Waals surface area contributed by atoms with Gasteiger partial charge in [0, 0.05) is 31.2 Å². The van der Waals surface area contributed by atoms with Crippen LogP contribution in [0.2, 0.25) is 0 Å². The van der Waals surface area contributed by atoms with Gasteiger partial charge in [-0.05, 0) is 36.9 Å². The number of nitrogens with one attached hydrogen (secondary N) is 1. The molecule has 0 bridgehead atoms. The summed E-state index contributed by atoms with van der Waals surface area (Å²) in [6.45, 7) is 3.64. The number of nitrogens with zero attached hydrogens (tertiary/aromatic N) is 3. The van der Waals surface area contributed by atoms with Crippen LogP contribution < -0.4 is 5.32 Å². The first kappa shape index (κ1) is 15.5. The van der Waals surface area contributed by atoms with Crippen molar-refractivity contribution >= 4 is 17.3 Å². The Hall–Kier alpha value is -1.88. The first-order valence-corrected chi connectivity index (χ1v) is 7.93. The predicted molar refractivity (Wildman–Crippen MR) is 89.8 cm³/mol. The van der Waals surface area contributed by atoms with Gasteiger partial charge in [0.15, 0.2) is 5.96 Å². The summed E-state index contributed by atoms with van der Waals surface area (Å²) in [5.74, 6) is 0.898. The second kappa shape index (κ2) is 7.78.